The van der Waals surface area contributed by atoms with Gasteiger partial charge in [0.05, 0.1) is 0 Å². The van der Waals surface area contributed by atoms with Crippen molar-refractivity contribution in [2.24, 2.45) is 0 Å². The number of unbranched alkanes of at least 4 members (excludes halogenated alkanes) is 3. The Bertz CT molecular complexity index is 928. The first-order valence-corrected chi connectivity index (χ1v) is 11.2. The number of hydrogen-bond acceptors (Lipinski definition) is 3. The van der Waals surface area contributed by atoms with Crippen molar-refractivity contribution in [3.8, 4) is 47.3 Å². The van der Waals surface area contributed by atoms with Gasteiger partial charge in [-0.15, -0.1) is 12.8 Å². The number of benzene rings is 3. The van der Waals surface area contributed by atoms with Crippen LogP contribution in [0.5, 0.6) is 34.5 Å². The molecule has 3 nitrogen and oxygen atoms in total. The summed E-state index contributed by atoms with van der Waals surface area (Å²) in [6.45, 7) is 4.59. The van der Waals surface area contributed by atoms with E-state index in [9.17, 15) is 0 Å². The Morgan fingerprint density at radius 2 is 0.857 bits per heavy atom. The van der Waals surface area contributed by atoms with Crippen molar-refractivity contribution < 1.29 is 14.2 Å². The fourth-order valence-electron chi connectivity index (χ4n) is 4.25. The van der Waals surface area contributed by atoms with Gasteiger partial charge in [0, 0.05) is 55.7 Å². The standard InChI is InChI=1S/C18H9BO3.C6H14.C2H2.B3.2B/c1-4-10-16-11(5-1)21-13-7-3-9-15-18(13)19(16)17-12(20-10)6-2-8-14(17)22-15;1-3-5-6-4-2;1-2;1-3-2;;/h1-9H;3-6H2,1-2H3;1-2H;;;. The predicted octanol–water partition coefficient (Wildman–Crippen LogP) is 3.45. The lowest BCUT2D eigenvalue weighted by Crippen LogP contribution is -2.59. The zero-order chi connectivity index (χ0) is 23.8. The molecule has 6 rings (SSSR count). The molecule has 35 heavy (non-hydrogen) atoms. The summed E-state index contributed by atoms with van der Waals surface area (Å²) in [4.78, 5) is 0. The molecule has 0 atom stereocenters. The van der Waals surface area contributed by atoms with E-state index in [1.807, 2.05) is 54.6 Å². The Kier molecular flexibility index (Phi) is 12.4. The monoisotopic (exact) mass is 451 g/mol. The molecule has 0 fully saturated rings. The quantitative estimate of drug-likeness (QED) is 0.235. The predicted molar refractivity (Wildman–Crippen MR) is 153 cm³/mol. The van der Waals surface area contributed by atoms with Crippen molar-refractivity contribution in [3.63, 3.8) is 0 Å². The third-order valence-electron chi connectivity index (χ3n) is 5.56. The van der Waals surface area contributed by atoms with Crippen molar-refractivity contribution in [1.82, 2.24) is 0 Å². The van der Waals surface area contributed by atoms with Gasteiger partial charge in [-0.2, -0.15) is 0 Å². The van der Waals surface area contributed by atoms with Crippen LogP contribution in [0.4, 0.5) is 0 Å². The zero-order valence-electron chi connectivity index (χ0n) is 20.4. The summed E-state index contributed by atoms with van der Waals surface area (Å²) in [6.07, 6.45) is 13.5. The number of hydrogen-bond donors (Lipinski definition) is 0. The molecule has 0 amide bonds. The van der Waals surface area contributed by atoms with Gasteiger partial charge in [-0.3, -0.25) is 0 Å². The molecule has 3 aromatic carbocycles. The van der Waals surface area contributed by atoms with Crippen molar-refractivity contribution in [2.45, 2.75) is 39.5 Å². The van der Waals surface area contributed by atoms with E-state index in [4.69, 9.17) is 14.2 Å². The van der Waals surface area contributed by atoms with Gasteiger partial charge in [0.25, 0.3) is 6.71 Å². The molecule has 9 heteroatoms. The Hall–Kier alpha value is -2.99. The van der Waals surface area contributed by atoms with E-state index in [-0.39, 0.29) is 23.5 Å². The molecule has 0 N–H and O–H groups in total. The molecular formula is C26H25B6O3. The van der Waals surface area contributed by atoms with Gasteiger partial charge in [0.2, 0.25) is 0 Å². The van der Waals surface area contributed by atoms with E-state index in [1.165, 1.54) is 25.7 Å². The highest BCUT2D eigenvalue weighted by Gasteiger charge is 2.45. The van der Waals surface area contributed by atoms with Crippen LogP contribution in [0.1, 0.15) is 39.5 Å². The lowest BCUT2D eigenvalue weighted by Gasteiger charge is -2.37. The van der Waals surface area contributed by atoms with Gasteiger partial charge in [-0.1, -0.05) is 57.7 Å². The van der Waals surface area contributed by atoms with E-state index in [0.29, 0.717) is 0 Å². The molecule has 165 valence electrons. The molecule has 0 aliphatic carbocycles. The molecule has 0 unspecified atom stereocenters. The van der Waals surface area contributed by atoms with Gasteiger partial charge in [-0.25, -0.2) is 0 Å². The summed E-state index contributed by atoms with van der Waals surface area (Å²) in [5, 5.41) is 0. The highest BCUT2D eigenvalue weighted by atomic mass is 16.5. The van der Waals surface area contributed by atoms with Crippen LogP contribution < -0.4 is 30.6 Å². The molecule has 0 saturated heterocycles. The van der Waals surface area contributed by atoms with Gasteiger partial charge < -0.3 is 14.2 Å². The largest absolute Gasteiger partial charge is 0.458 e. The summed E-state index contributed by atoms with van der Waals surface area (Å²) >= 11 is 0. The highest BCUT2D eigenvalue weighted by molar-refractivity contribution is 7.17. The average molecular weight is 450 g/mol. The maximum Gasteiger partial charge on any atom is 0.270 e. The fourth-order valence-corrected chi connectivity index (χ4v) is 4.25. The lowest BCUT2D eigenvalue weighted by molar-refractivity contribution is 0.443. The molecule has 0 spiro atoms. The normalized spacial score (nSPS) is 11.0. The summed E-state index contributed by atoms with van der Waals surface area (Å²) in [5.74, 6) is 5.22. The van der Waals surface area contributed by atoms with Crippen molar-refractivity contribution in [1.29, 1.82) is 0 Å². The molecular weight excluding hydrogens is 425 g/mol. The Balaban J connectivity index is 0.000000410. The summed E-state index contributed by atoms with van der Waals surface area (Å²) < 4.78 is 18.3. The van der Waals surface area contributed by atoms with Gasteiger partial charge in [0.15, 0.2) is 0 Å². The Labute approximate surface area is 218 Å². The summed E-state index contributed by atoms with van der Waals surface area (Å²) in [7, 11) is 10.0. The fraction of sp³-hybridized carbons (Fsp3) is 0.231. The van der Waals surface area contributed by atoms with E-state index >= 15 is 0 Å². The first-order chi connectivity index (χ1) is 16.2. The van der Waals surface area contributed by atoms with Crippen molar-refractivity contribution in [2.75, 3.05) is 0 Å². The number of rotatable bonds is 3. The van der Waals surface area contributed by atoms with Crippen LogP contribution in [0, 0.1) is 12.8 Å². The minimum atomic E-state index is 0. The molecule has 0 bridgehead atoms. The second kappa shape index (κ2) is 14.4. The smallest absolute Gasteiger partial charge is 0.270 e. The van der Waals surface area contributed by atoms with Crippen LogP contribution in [0.2, 0.25) is 0 Å². The number of terminal acetylenes is 1. The van der Waals surface area contributed by atoms with Gasteiger partial charge in [-0.05, 0) is 36.4 Å². The first kappa shape index (κ1) is 30.0. The zero-order valence-corrected chi connectivity index (χ0v) is 20.4. The summed E-state index contributed by atoms with van der Waals surface area (Å²) in [5.41, 5.74) is 3.31. The first-order valence-electron chi connectivity index (χ1n) is 11.2. The van der Waals surface area contributed by atoms with Crippen LogP contribution in [-0.4, -0.2) is 46.1 Å². The minimum Gasteiger partial charge on any atom is -0.458 e. The van der Waals surface area contributed by atoms with Crippen molar-refractivity contribution >= 4 is 62.5 Å². The van der Waals surface area contributed by atoms with E-state index in [0.717, 1.165) is 57.9 Å². The molecule has 3 heterocycles. The molecule has 0 saturated carbocycles. The second-order valence-corrected chi connectivity index (χ2v) is 7.64. The van der Waals surface area contributed by atoms with Crippen LogP contribution in [0.3, 0.4) is 0 Å². The van der Waals surface area contributed by atoms with Crippen LogP contribution >= 0.6 is 0 Å². The molecule has 3 aliphatic rings. The lowest BCUT2D eigenvalue weighted by atomic mass is 9.34. The molecule has 0 aromatic heterocycles. The van der Waals surface area contributed by atoms with Gasteiger partial charge in [0.1, 0.15) is 34.5 Å². The highest BCUT2D eigenvalue weighted by Crippen LogP contribution is 2.40. The molecule has 3 aromatic rings. The maximum absolute atomic E-state index is 6.09. The van der Waals surface area contributed by atoms with E-state index in [1.54, 1.807) is 0 Å². The maximum atomic E-state index is 6.09. The van der Waals surface area contributed by atoms with Crippen LogP contribution in [-0.2, 0) is 0 Å². The van der Waals surface area contributed by atoms with E-state index in [2.05, 4.69) is 42.2 Å². The van der Waals surface area contributed by atoms with E-state index < -0.39 is 0 Å². The van der Waals surface area contributed by atoms with Crippen LogP contribution in [0.25, 0.3) is 0 Å². The third kappa shape index (κ3) is 5.99. The molecule has 3 aliphatic heterocycles. The minimum absolute atomic E-state index is 0. The third-order valence-corrected chi connectivity index (χ3v) is 5.56. The average Bonchev–Trinajstić information content (AvgIpc) is 2.85. The molecule has 11 radical (unpaired) electrons. The Morgan fingerprint density at radius 1 is 0.629 bits per heavy atom. The Morgan fingerprint density at radius 3 is 1.06 bits per heavy atom. The second-order valence-electron chi connectivity index (χ2n) is 7.64. The van der Waals surface area contributed by atoms with Crippen molar-refractivity contribution in [3.05, 3.63) is 54.6 Å². The topological polar surface area (TPSA) is 27.7 Å². The number of ether oxygens (including phenoxy) is 3. The summed E-state index contributed by atoms with van der Waals surface area (Å²) in [6, 6.07) is 17.9. The van der Waals surface area contributed by atoms with Gasteiger partial charge >= 0.3 is 0 Å². The van der Waals surface area contributed by atoms with Crippen LogP contribution in [0.15, 0.2) is 54.6 Å². The SMILES string of the molecule is C#C.CCCCCC.[B].[B].[B][B][B].c1cc2c3c(c1)Oc1cccc4c1B3c1c(cccc1O4)O2.